The first kappa shape index (κ1) is 20.6. The summed E-state index contributed by atoms with van der Waals surface area (Å²) in [6, 6.07) is 14.3. The zero-order chi connectivity index (χ0) is 20.3. The molecule has 1 aliphatic heterocycles. The van der Waals surface area contributed by atoms with Gasteiger partial charge in [0.15, 0.2) is 4.32 Å². The van der Waals surface area contributed by atoms with Crippen molar-refractivity contribution in [3.8, 4) is 5.75 Å². The molecule has 5 nitrogen and oxygen atoms in total. The maximum atomic E-state index is 12.7. The van der Waals surface area contributed by atoms with Crippen LogP contribution in [0.5, 0.6) is 5.75 Å². The van der Waals surface area contributed by atoms with E-state index in [9.17, 15) is 9.59 Å². The van der Waals surface area contributed by atoms with Gasteiger partial charge in [-0.3, -0.25) is 15.0 Å². The number of hydrogen-bond acceptors (Lipinski definition) is 5. The van der Waals surface area contributed by atoms with E-state index in [0.717, 1.165) is 32.6 Å². The van der Waals surface area contributed by atoms with Gasteiger partial charge in [0.25, 0.3) is 11.8 Å². The fraction of sp³-hybridized carbons (Fsp3) is 0.150. The van der Waals surface area contributed by atoms with Gasteiger partial charge in [0.2, 0.25) is 0 Å². The lowest BCUT2D eigenvalue weighted by molar-refractivity contribution is -0.123. The standard InChI is InChI=1S/C20H17BrN2O3S2/c1-12(2)26-16-9-3-13(4-10-16)11-17-19(25)23(20(27)28-17)22-18(24)14-5-7-15(21)8-6-14/h3-12H,1-2H3,(H,22,24)/b17-11-. The highest BCUT2D eigenvalue weighted by Crippen LogP contribution is 2.31. The zero-order valence-electron chi connectivity index (χ0n) is 15.1. The second-order valence-corrected chi connectivity index (χ2v) is 8.79. The van der Waals surface area contributed by atoms with Gasteiger partial charge in [0, 0.05) is 10.0 Å². The summed E-state index contributed by atoms with van der Waals surface area (Å²) in [5, 5.41) is 1.10. The van der Waals surface area contributed by atoms with Crippen LogP contribution in [-0.2, 0) is 4.79 Å². The number of amides is 2. The van der Waals surface area contributed by atoms with E-state index < -0.39 is 5.91 Å². The van der Waals surface area contributed by atoms with Crippen LogP contribution in [0.3, 0.4) is 0 Å². The van der Waals surface area contributed by atoms with Gasteiger partial charge in [-0.05, 0) is 74.1 Å². The highest BCUT2D eigenvalue weighted by molar-refractivity contribution is 9.10. The molecule has 0 saturated carbocycles. The summed E-state index contributed by atoms with van der Waals surface area (Å²) in [6.45, 7) is 3.92. The molecule has 2 aromatic carbocycles. The van der Waals surface area contributed by atoms with Crippen molar-refractivity contribution in [3.05, 3.63) is 69.0 Å². The van der Waals surface area contributed by atoms with E-state index in [1.54, 1.807) is 30.3 Å². The number of nitrogens with one attached hydrogen (secondary N) is 1. The van der Waals surface area contributed by atoms with Gasteiger partial charge in [-0.2, -0.15) is 5.01 Å². The third kappa shape index (κ3) is 5.01. The van der Waals surface area contributed by atoms with Crippen molar-refractivity contribution in [1.29, 1.82) is 0 Å². The van der Waals surface area contributed by atoms with Crippen LogP contribution in [-0.4, -0.2) is 27.2 Å². The molecule has 0 radical (unpaired) electrons. The predicted octanol–water partition coefficient (Wildman–Crippen LogP) is 4.78. The number of hydrogen-bond donors (Lipinski definition) is 1. The fourth-order valence-electron chi connectivity index (χ4n) is 2.40. The second-order valence-electron chi connectivity index (χ2n) is 6.20. The first-order chi connectivity index (χ1) is 13.3. The lowest BCUT2D eigenvalue weighted by Gasteiger charge is -2.15. The van der Waals surface area contributed by atoms with Crippen LogP contribution in [0.4, 0.5) is 0 Å². The van der Waals surface area contributed by atoms with Crippen LogP contribution in [0.1, 0.15) is 29.8 Å². The van der Waals surface area contributed by atoms with E-state index in [-0.39, 0.29) is 16.3 Å². The Labute approximate surface area is 181 Å². The van der Waals surface area contributed by atoms with Gasteiger partial charge >= 0.3 is 0 Å². The largest absolute Gasteiger partial charge is 0.491 e. The molecule has 0 atom stereocenters. The number of halogens is 1. The summed E-state index contributed by atoms with van der Waals surface area (Å²) in [7, 11) is 0. The van der Waals surface area contributed by atoms with Crippen molar-refractivity contribution >= 4 is 62.1 Å². The molecule has 0 aromatic heterocycles. The minimum absolute atomic E-state index is 0.0939. The van der Waals surface area contributed by atoms with Crippen LogP contribution in [0, 0.1) is 0 Å². The van der Waals surface area contributed by atoms with Gasteiger partial charge in [-0.1, -0.05) is 39.8 Å². The number of thioether (sulfide) groups is 1. The average Bonchev–Trinajstić information content (AvgIpc) is 2.91. The molecule has 0 spiro atoms. The number of rotatable bonds is 5. The van der Waals surface area contributed by atoms with Gasteiger partial charge in [-0.25, -0.2) is 0 Å². The summed E-state index contributed by atoms with van der Waals surface area (Å²) in [5.74, 6) is 0.00432. The zero-order valence-corrected chi connectivity index (χ0v) is 18.4. The molecule has 0 bridgehead atoms. The lowest BCUT2D eigenvalue weighted by Crippen LogP contribution is -2.44. The van der Waals surface area contributed by atoms with E-state index in [2.05, 4.69) is 21.4 Å². The van der Waals surface area contributed by atoms with Gasteiger partial charge < -0.3 is 4.74 Å². The molecule has 1 heterocycles. The predicted molar refractivity (Wildman–Crippen MR) is 119 cm³/mol. The number of carbonyl (C=O) groups excluding carboxylic acids is 2. The van der Waals surface area contributed by atoms with Crippen molar-refractivity contribution in [2.24, 2.45) is 0 Å². The van der Waals surface area contributed by atoms with Crippen molar-refractivity contribution in [3.63, 3.8) is 0 Å². The maximum Gasteiger partial charge on any atom is 0.285 e. The van der Waals surface area contributed by atoms with Crippen LogP contribution >= 0.6 is 39.9 Å². The summed E-state index contributed by atoms with van der Waals surface area (Å²) in [5.41, 5.74) is 3.84. The smallest absolute Gasteiger partial charge is 0.285 e. The van der Waals surface area contributed by atoms with Crippen LogP contribution in [0.25, 0.3) is 6.08 Å². The van der Waals surface area contributed by atoms with Crippen LogP contribution in [0.2, 0.25) is 0 Å². The first-order valence-corrected chi connectivity index (χ1v) is 10.5. The Morgan fingerprint density at radius 3 is 2.43 bits per heavy atom. The molecule has 1 aliphatic rings. The summed E-state index contributed by atoms with van der Waals surface area (Å²) in [6.07, 6.45) is 1.83. The average molecular weight is 477 g/mol. The first-order valence-electron chi connectivity index (χ1n) is 8.45. The van der Waals surface area contributed by atoms with E-state index in [0.29, 0.717) is 10.5 Å². The Balaban J connectivity index is 1.71. The Morgan fingerprint density at radius 1 is 1.18 bits per heavy atom. The molecule has 8 heteroatoms. The Morgan fingerprint density at radius 2 is 1.82 bits per heavy atom. The van der Waals surface area contributed by atoms with Crippen molar-refractivity contribution in [2.75, 3.05) is 0 Å². The molecule has 0 aliphatic carbocycles. The third-order valence-corrected chi connectivity index (χ3v) is 5.49. The molecule has 2 aromatic rings. The molecule has 3 rings (SSSR count). The highest BCUT2D eigenvalue weighted by atomic mass is 79.9. The normalized spacial score (nSPS) is 15.4. The minimum atomic E-state index is -0.403. The van der Waals surface area contributed by atoms with E-state index in [4.69, 9.17) is 17.0 Å². The molecule has 28 heavy (non-hydrogen) atoms. The molecule has 2 amide bonds. The van der Waals surface area contributed by atoms with Crippen LogP contribution < -0.4 is 10.2 Å². The molecule has 1 saturated heterocycles. The summed E-state index contributed by atoms with van der Waals surface area (Å²) < 4.78 is 6.76. The minimum Gasteiger partial charge on any atom is -0.491 e. The van der Waals surface area contributed by atoms with Gasteiger partial charge in [0.1, 0.15) is 5.75 Å². The number of thiocarbonyl (C=S) groups is 1. The molecule has 144 valence electrons. The van der Waals surface area contributed by atoms with Crippen LogP contribution in [0.15, 0.2) is 57.9 Å². The lowest BCUT2D eigenvalue weighted by atomic mass is 10.2. The van der Waals surface area contributed by atoms with Crippen molar-refractivity contribution < 1.29 is 14.3 Å². The fourth-order valence-corrected chi connectivity index (χ4v) is 3.84. The quantitative estimate of drug-likeness (QED) is 0.496. The number of nitrogens with zero attached hydrogens (tertiary/aromatic N) is 1. The van der Waals surface area contributed by atoms with E-state index in [1.165, 1.54) is 0 Å². The monoisotopic (exact) mass is 476 g/mol. The number of benzene rings is 2. The molecular formula is C20H17BrN2O3S2. The van der Waals surface area contributed by atoms with Gasteiger partial charge in [0.05, 0.1) is 11.0 Å². The van der Waals surface area contributed by atoms with Gasteiger partial charge in [-0.15, -0.1) is 0 Å². The summed E-state index contributed by atoms with van der Waals surface area (Å²) in [4.78, 5) is 25.5. The number of hydrazine groups is 1. The SMILES string of the molecule is CC(C)Oc1ccc(/C=C2\SC(=S)N(NC(=O)c3ccc(Br)cc3)C2=O)cc1. The van der Waals surface area contributed by atoms with E-state index in [1.807, 2.05) is 38.1 Å². The second kappa shape index (κ2) is 8.89. The maximum absolute atomic E-state index is 12.7. The highest BCUT2D eigenvalue weighted by Gasteiger charge is 2.33. The van der Waals surface area contributed by atoms with E-state index >= 15 is 0 Å². The topological polar surface area (TPSA) is 58.6 Å². The molecule has 1 fully saturated rings. The van der Waals surface area contributed by atoms with Crippen molar-refractivity contribution in [1.82, 2.24) is 10.4 Å². The Bertz CT molecular complexity index is 941. The third-order valence-electron chi connectivity index (χ3n) is 3.66. The Hall–Kier alpha value is -2.16. The molecule has 0 unspecified atom stereocenters. The number of ether oxygens (including phenoxy) is 1. The molecular weight excluding hydrogens is 460 g/mol. The van der Waals surface area contributed by atoms with Crippen molar-refractivity contribution in [2.45, 2.75) is 20.0 Å². The summed E-state index contributed by atoms with van der Waals surface area (Å²) >= 11 is 9.72. The Kier molecular flexibility index (Phi) is 6.53. The molecule has 1 N–H and O–H groups in total. The number of carbonyl (C=O) groups is 2.